The fourth-order valence-electron chi connectivity index (χ4n) is 6.87. The first kappa shape index (κ1) is 62.2. The number of Topliss-reactive ketones (excluding diaryl/α,β-unsaturated/α-hetero) is 3. The molecule has 2 atom stereocenters. The summed E-state index contributed by atoms with van der Waals surface area (Å²) >= 11 is 0. The van der Waals surface area contributed by atoms with Crippen molar-refractivity contribution in [2.24, 2.45) is 11.3 Å². The van der Waals surface area contributed by atoms with E-state index in [0.717, 1.165) is 44.9 Å². The molecule has 0 aliphatic heterocycles. The molecule has 0 aliphatic rings. The predicted octanol–water partition coefficient (Wildman–Crippen LogP) is 6.94. The summed E-state index contributed by atoms with van der Waals surface area (Å²) in [4.78, 5) is 95.1. The molecule has 384 valence electrons. The number of ketones is 3. The van der Waals surface area contributed by atoms with E-state index in [1.807, 2.05) is 20.8 Å². The standard InChI is InChI=1S/C49H87N3O14.H2/c1-39(53)40(36-43(55)49(2,3)4)22-19-20-28-50-45(57)37-66-35-33-64-31-29-51-46(58)38-65-34-32-63-30-21-23-41(54)26-27-42(48(61)62)52-44(56)24-17-15-13-11-9-7-5-6-8-10-12-14-16-18-25-47(59)60;/h40,42H,5-38H2,1-4H3,(H,50,57)(H,51,58)(H,52,56)(H,59,60)(H,61,62);1H/t40-,42?;/m1./s1. The second-order valence-corrected chi connectivity index (χ2v) is 18.2. The third-order valence-electron chi connectivity index (χ3n) is 11.1. The van der Waals surface area contributed by atoms with Crippen LogP contribution in [-0.4, -0.2) is 129 Å². The molecule has 5 N–H and O–H groups in total. The molecule has 0 aromatic carbocycles. The number of carboxylic acid groups (broad SMARTS) is 2. The Morgan fingerprint density at radius 3 is 1.48 bits per heavy atom. The van der Waals surface area contributed by atoms with Gasteiger partial charge >= 0.3 is 11.9 Å². The summed E-state index contributed by atoms with van der Waals surface area (Å²) in [5.74, 6) is -3.08. The van der Waals surface area contributed by atoms with Crippen molar-refractivity contribution < 1.29 is 68.9 Å². The van der Waals surface area contributed by atoms with E-state index >= 15 is 0 Å². The summed E-state index contributed by atoms with van der Waals surface area (Å²) in [6.45, 7) is 8.95. The van der Waals surface area contributed by atoms with Gasteiger partial charge in [-0.2, -0.15) is 0 Å². The Bertz CT molecular complexity index is 1380. The van der Waals surface area contributed by atoms with E-state index < -0.39 is 23.4 Å². The van der Waals surface area contributed by atoms with Crippen molar-refractivity contribution >= 4 is 47.0 Å². The Morgan fingerprint density at radius 2 is 0.985 bits per heavy atom. The van der Waals surface area contributed by atoms with Gasteiger partial charge in [0.2, 0.25) is 17.7 Å². The van der Waals surface area contributed by atoms with Gasteiger partial charge in [0.25, 0.3) is 0 Å². The van der Waals surface area contributed by atoms with Gasteiger partial charge in [0, 0.05) is 64.6 Å². The maximum Gasteiger partial charge on any atom is 0.326 e. The molecule has 0 radical (unpaired) electrons. The molecule has 17 heteroatoms. The van der Waals surface area contributed by atoms with Crippen LogP contribution in [-0.2, 0) is 57.3 Å². The van der Waals surface area contributed by atoms with Gasteiger partial charge in [-0.3, -0.25) is 33.6 Å². The number of nitrogens with one attached hydrogen (secondary N) is 3. The number of amides is 3. The molecule has 17 nitrogen and oxygen atoms in total. The lowest BCUT2D eigenvalue weighted by atomic mass is 9.82. The van der Waals surface area contributed by atoms with Crippen LogP contribution in [0, 0.1) is 11.3 Å². The number of carboxylic acids is 2. The van der Waals surface area contributed by atoms with Gasteiger partial charge in [0.15, 0.2) is 0 Å². The second kappa shape index (κ2) is 41.4. The number of rotatable bonds is 47. The lowest BCUT2D eigenvalue weighted by molar-refractivity contribution is -0.142. The Hall–Kier alpha value is -3.80. The summed E-state index contributed by atoms with van der Waals surface area (Å²) in [5.41, 5.74) is -0.474. The molecule has 0 aliphatic carbocycles. The van der Waals surface area contributed by atoms with Crippen molar-refractivity contribution in [1.29, 1.82) is 0 Å². The molecule has 0 aromatic rings. The molecule has 3 amide bonds. The van der Waals surface area contributed by atoms with Gasteiger partial charge in [-0.25, -0.2) is 4.79 Å². The third kappa shape index (κ3) is 40.5. The number of carbonyl (C=O) groups is 8. The van der Waals surface area contributed by atoms with Crippen LogP contribution in [0.5, 0.6) is 0 Å². The van der Waals surface area contributed by atoms with Gasteiger partial charge in [0.1, 0.15) is 36.6 Å². The average molecular weight is 944 g/mol. The smallest absolute Gasteiger partial charge is 0.326 e. The van der Waals surface area contributed by atoms with Gasteiger partial charge in [-0.05, 0) is 45.4 Å². The van der Waals surface area contributed by atoms with E-state index in [4.69, 9.17) is 24.1 Å². The minimum absolute atomic E-state index is 0. The molecule has 0 spiro atoms. The van der Waals surface area contributed by atoms with Crippen LogP contribution in [0.25, 0.3) is 0 Å². The first-order valence-electron chi connectivity index (χ1n) is 24.7. The van der Waals surface area contributed by atoms with E-state index in [2.05, 4.69) is 16.0 Å². The number of hydrogen-bond donors (Lipinski definition) is 5. The minimum atomic E-state index is -1.16. The molecule has 0 fully saturated rings. The summed E-state index contributed by atoms with van der Waals surface area (Å²) in [5, 5.41) is 26.2. The SMILES string of the molecule is CC(=O)[C@H](CCCCNC(=O)COCCOCCNC(=O)COCCOCCCC(=O)CCC(NC(=O)CCCCCCCCCCCCCCCCC(=O)O)C(=O)O)CC(=O)C(C)(C)C.[HH]. The highest BCUT2D eigenvalue weighted by Crippen LogP contribution is 2.23. The van der Waals surface area contributed by atoms with Crippen LogP contribution in [0.4, 0.5) is 0 Å². The fourth-order valence-corrected chi connectivity index (χ4v) is 6.87. The lowest BCUT2D eigenvalue weighted by Gasteiger charge is -2.20. The number of ether oxygens (including phenoxy) is 4. The van der Waals surface area contributed by atoms with E-state index in [9.17, 15) is 43.5 Å². The minimum Gasteiger partial charge on any atom is -0.481 e. The van der Waals surface area contributed by atoms with Crippen molar-refractivity contribution in [2.45, 2.75) is 188 Å². The first-order valence-corrected chi connectivity index (χ1v) is 24.7. The molecular formula is C49H89N3O14. The van der Waals surface area contributed by atoms with Crippen molar-refractivity contribution in [1.82, 2.24) is 16.0 Å². The molecule has 0 bridgehead atoms. The monoisotopic (exact) mass is 944 g/mol. The Balaban J connectivity index is 0. The number of unbranched alkanes of at least 4 members (excludes halogenated alkanes) is 14. The van der Waals surface area contributed by atoms with Crippen LogP contribution in [0.2, 0.25) is 0 Å². The van der Waals surface area contributed by atoms with Crippen molar-refractivity contribution in [3.05, 3.63) is 0 Å². The summed E-state index contributed by atoms with van der Waals surface area (Å²) in [7, 11) is 0. The largest absolute Gasteiger partial charge is 0.481 e. The maximum absolute atomic E-state index is 12.4. The molecule has 0 heterocycles. The zero-order valence-corrected chi connectivity index (χ0v) is 41.0. The van der Waals surface area contributed by atoms with Crippen LogP contribution < -0.4 is 16.0 Å². The van der Waals surface area contributed by atoms with Crippen LogP contribution in [0.1, 0.15) is 183 Å². The lowest BCUT2D eigenvalue weighted by Crippen LogP contribution is -2.41. The molecule has 1 unspecified atom stereocenters. The quantitative estimate of drug-likeness (QED) is 0.0388. The van der Waals surface area contributed by atoms with E-state index in [1.165, 1.54) is 51.9 Å². The molecule has 0 rings (SSSR count). The van der Waals surface area contributed by atoms with E-state index in [0.29, 0.717) is 38.8 Å². The highest BCUT2D eigenvalue weighted by atomic mass is 16.5. The molecule has 0 aromatic heterocycles. The third-order valence-corrected chi connectivity index (χ3v) is 11.1. The summed E-state index contributed by atoms with van der Waals surface area (Å²) in [6, 6.07) is -1.11. The first-order chi connectivity index (χ1) is 31.5. The Morgan fingerprint density at radius 1 is 0.500 bits per heavy atom. The van der Waals surface area contributed by atoms with Crippen molar-refractivity contribution in [3.8, 4) is 0 Å². The van der Waals surface area contributed by atoms with Crippen LogP contribution >= 0.6 is 0 Å². The van der Waals surface area contributed by atoms with Crippen LogP contribution in [0.3, 0.4) is 0 Å². The molecule has 66 heavy (non-hydrogen) atoms. The van der Waals surface area contributed by atoms with Gasteiger partial charge in [-0.15, -0.1) is 0 Å². The number of carbonyl (C=O) groups excluding carboxylic acids is 6. The Kier molecular flexibility index (Phi) is 39.0. The molecule has 0 saturated heterocycles. The summed E-state index contributed by atoms with van der Waals surface area (Å²) in [6.07, 6.45) is 18.6. The van der Waals surface area contributed by atoms with Gasteiger partial charge in [-0.1, -0.05) is 104 Å². The number of hydrogen-bond acceptors (Lipinski definition) is 12. The van der Waals surface area contributed by atoms with Crippen molar-refractivity contribution in [2.75, 3.05) is 65.9 Å². The van der Waals surface area contributed by atoms with Crippen LogP contribution in [0.15, 0.2) is 0 Å². The summed E-state index contributed by atoms with van der Waals surface area (Å²) < 4.78 is 21.5. The second-order valence-electron chi connectivity index (χ2n) is 18.2. The normalized spacial score (nSPS) is 12.3. The van der Waals surface area contributed by atoms with Gasteiger partial charge < -0.3 is 45.1 Å². The highest BCUT2D eigenvalue weighted by Gasteiger charge is 2.26. The zero-order valence-electron chi connectivity index (χ0n) is 41.0. The van der Waals surface area contributed by atoms with E-state index in [-0.39, 0.29) is 134 Å². The van der Waals surface area contributed by atoms with Gasteiger partial charge in [0.05, 0.1) is 33.0 Å². The molecular weight excluding hydrogens is 855 g/mol. The van der Waals surface area contributed by atoms with E-state index in [1.54, 1.807) is 0 Å². The Labute approximate surface area is 396 Å². The zero-order chi connectivity index (χ0) is 49.3. The molecule has 0 saturated carbocycles. The van der Waals surface area contributed by atoms with Crippen molar-refractivity contribution in [3.63, 3.8) is 0 Å². The maximum atomic E-state index is 12.4. The highest BCUT2D eigenvalue weighted by molar-refractivity contribution is 5.89. The topological polar surface area (TPSA) is 250 Å². The number of aliphatic carboxylic acids is 2. The average Bonchev–Trinajstić information content (AvgIpc) is 3.25. The predicted molar refractivity (Wildman–Crippen MR) is 253 cm³/mol. The fraction of sp³-hybridized carbons (Fsp3) is 0.837.